The van der Waals surface area contributed by atoms with Crippen molar-refractivity contribution in [2.75, 3.05) is 13.7 Å². The van der Waals surface area contributed by atoms with Crippen LogP contribution < -0.4 is 9.47 Å². The number of ketones is 1. The quantitative estimate of drug-likeness (QED) is 0.499. The predicted octanol–water partition coefficient (Wildman–Crippen LogP) is 5.83. The molecule has 3 aliphatic rings. The number of carbonyl (C=O) groups is 2. The van der Waals surface area contributed by atoms with E-state index < -0.39 is 5.60 Å². The molecule has 3 aliphatic carbocycles. The molecule has 0 N–H and O–H groups in total. The Morgan fingerprint density at radius 3 is 2.48 bits per heavy atom. The Labute approximate surface area is 195 Å². The van der Waals surface area contributed by atoms with Crippen molar-refractivity contribution in [1.82, 2.24) is 0 Å². The number of hydrogen-bond acceptors (Lipinski definition) is 5. The van der Waals surface area contributed by atoms with Gasteiger partial charge < -0.3 is 14.2 Å². The molecule has 2 aromatic carbocycles. The first-order valence-electron chi connectivity index (χ1n) is 12.2. The van der Waals surface area contributed by atoms with Crippen molar-refractivity contribution in [3.05, 3.63) is 47.0 Å². The van der Waals surface area contributed by atoms with Crippen LogP contribution in [0.3, 0.4) is 0 Å². The van der Waals surface area contributed by atoms with Crippen LogP contribution in [0.4, 0.5) is 0 Å². The molecule has 0 saturated heterocycles. The number of carbonyl (C=O) groups excluding carboxylic acids is 2. The van der Waals surface area contributed by atoms with Crippen molar-refractivity contribution in [2.45, 2.75) is 70.3 Å². The maximum absolute atomic E-state index is 12.7. The van der Waals surface area contributed by atoms with Gasteiger partial charge in [0.05, 0.1) is 13.0 Å². The van der Waals surface area contributed by atoms with Gasteiger partial charge >= 0.3 is 5.97 Å². The van der Waals surface area contributed by atoms with E-state index in [1.807, 2.05) is 31.2 Å². The first-order chi connectivity index (χ1) is 16.0. The highest BCUT2D eigenvalue weighted by Crippen LogP contribution is 2.46. The van der Waals surface area contributed by atoms with E-state index >= 15 is 0 Å². The van der Waals surface area contributed by atoms with E-state index in [4.69, 9.17) is 14.2 Å². The number of methoxy groups -OCH3 is 1. The second-order valence-electron chi connectivity index (χ2n) is 9.82. The molecule has 33 heavy (non-hydrogen) atoms. The molecule has 0 amide bonds. The lowest BCUT2D eigenvalue weighted by molar-refractivity contribution is -0.159. The zero-order valence-electron chi connectivity index (χ0n) is 19.6. The van der Waals surface area contributed by atoms with Gasteiger partial charge in [0.15, 0.2) is 17.3 Å². The van der Waals surface area contributed by atoms with E-state index in [2.05, 4.69) is 6.07 Å². The molecule has 0 aliphatic heterocycles. The molecule has 0 spiro atoms. The minimum Gasteiger partial charge on any atom is -0.493 e. The first kappa shape index (κ1) is 22.0. The van der Waals surface area contributed by atoms with Gasteiger partial charge in [0.2, 0.25) is 0 Å². The van der Waals surface area contributed by atoms with Crippen LogP contribution in [0.2, 0.25) is 0 Å². The minimum atomic E-state index is -0.523. The summed E-state index contributed by atoms with van der Waals surface area (Å²) >= 11 is 0. The number of rotatable bonds is 7. The molecule has 0 unspecified atom stereocenters. The topological polar surface area (TPSA) is 61.8 Å². The molecule has 0 heterocycles. The molecule has 0 bridgehead atoms. The van der Waals surface area contributed by atoms with Crippen LogP contribution in [0, 0.1) is 12.8 Å². The molecule has 5 rings (SSSR count). The molecule has 5 nitrogen and oxygen atoms in total. The maximum atomic E-state index is 12.7. The summed E-state index contributed by atoms with van der Waals surface area (Å²) in [4.78, 5) is 24.8. The zero-order valence-corrected chi connectivity index (χ0v) is 19.6. The molecular weight excluding hydrogens is 416 g/mol. The number of aryl methyl sites for hydroxylation is 2. The predicted molar refractivity (Wildman–Crippen MR) is 126 cm³/mol. The van der Waals surface area contributed by atoms with E-state index in [9.17, 15) is 9.59 Å². The van der Waals surface area contributed by atoms with Gasteiger partial charge in [-0.25, -0.2) is 0 Å². The lowest BCUT2D eigenvalue weighted by Crippen LogP contribution is -2.31. The van der Waals surface area contributed by atoms with Gasteiger partial charge in [0.1, 0.15) is 12.2 Å². The summed E-state index contributed by atoms with van der Waals surface area (Å²) in [6, 6.07) is 10.1. The van der Waals surface area contributed by atoms with E-state index in [1.54, 1.807) is 7.11 Å². The highest BCUT2D eigenvalue weighted by atomic mass is 16.6. The Hall–Kier alpha value is -2.82. The summed E-state index contributed by atoms with van der Waals surface area (Å²) in [7, 11) is 1.65. The van der Waals surface area contributed by atoms with Crippen LogP contribution >= 0.6 is 0 Å². The zero-order chi connectivity index (χ0) is 23.0. The highest BCUT2D eigenvalue weighted by Gasteiger charge is 2.49. The van der Waals surface area contributed by atoms with Crippen LogP contribution in [0.1, 0.15) is 72.9 Å². The lowest BCUT2D eigenvalue weighted by Gasteiger charge is -2.25. The fraction of sp³-hybridized carbons (Fsp3) is 0.500. The standard InChI is InChI=1S/C28H32O5/c1-18-8-11-23(21-9-12-22-20(16-21)10-13-24(22)29)26(25(18)31-2)32-17-28(14-15-28)33-27(30)19-6-4-3-5-7-19/h8-9,11-12,16,19H,3-7,10,13-15,17H2,1-2H3. The third kappa shape index (κ3) is 4.38. The van der Waals surface area contributed by atoms with Gasteiger partial charge in [-0.2, -0.15) is 0 Å². The summed E-state index contributed by atoms with van der Waals surface area (Å²) in [5.74, 6) is 1.55. The summed E-state index contributed by atoms with van der Waals surface area (Å²) in [5.41, 5.74) is 4.30. The number of hydrogen-bond donors (Lipinski definition) is 0. The molecule has 5 heteroatoms. The normalized spacial score (nSPS) is 19.2. The Morgan fingerprint density at radius 2 is 1.76 bits per heavy atom. The van der Waals surface area contributed by atoms with Gasteiger partial charge in [-0.3, -0.25) is 9.59 Å². The summed E-state index contributed by atoms with van der Waals surface area (Å²) in [6.45, 7) is 2.31. The highest BCUT2D eigenvalue weighted by molar-refractivity contribution is 6.01. The fourth-order valence-corrected chi connectivity index (χ4v) is 5.16. The monoisotopic (exact) mass is 448 g/mol. The second kappa shape index (κ2) is 8.85. The van der Waals surface area contributed by atoms with Crippen molar-refractivity contribution in [2.24, 2.45) is 5.92 Å². The largest absolute Gasteiger partial charge is 0.493 e. The van der Waals surface area contributed by atoms with Crippen LogP contribution in [-0.4, -0.2) is 31.1 Å². The van der Waals surface area contributed by atoms with E-state index in [-0.39, 0.29) is 17.7 Å². The average molecular weight is 449 g/mol. The number of ether oxygens (including phenoxy) is 3. The van der Waals surface area contributed by atoms with Crippen LogP contribution in [0.25, 0.3) is 11.1 Å². The van der Waals surface area contributed by atoms with Crippen LogP contribution in [0.5, 0.6) is 11.5 Å². The summed E-state index contributed by atoms with van der Waals surface area (Å²) in [5, 5.41) is 0. The SMILES string of the molecule is COc1c(C)ccc(-c2ccc3c(c2)CCC3=O)c1OCC1(OC(=O)C2CCCCC2)CC1. The first-order valence-corrected chi connectivity index (χ1v) is 12.2. The van der Waals surface area contributed by atoms with Crippen molar-refractivity contribution in [1.29, 1.82) is 0 Å². The second-order valence-corrected chi connectivity index (χ2v) is 9.82. The van der Waals surface area contributed by atoms with Crippen LogP contribution in [-0.2, 0) is 16.0 Å². The van der Waals surface area contributed by atoms with Gasteiger partial charge in [-0.1, -0.05) is 49.6 Å². The third-order valence-electron chi connectivity index (χ3n) is 7.39. The molecule has 0 radical (unpaired) electrons. The minimum absolute atomic E-state index is 0.0365. The van der Waals surface area contributed by atoms with Crippen LogP contribution in [0.15, 0.2) is 30.3 Å². The van der Waals surface area contributed by atoms with E-state index in [0.717, 1.165) is 72.8 Å². The molecule has 0 atom stereocenters. The number of esters is 1. The van der Waals surface area contributed by atoms with Crippen molar-refractivity contribution >= 4 is 11.8 Å². The van der Waals surface area contributed by atoms with Gasteiger partial charge in [0, 0.05) is 17.5 Å². The number of Topliss-reactive ketones (excluding diaryl/α,β-unsaturated/α-hetero) is 1. The molecule has 174 valence electrons. The Kier molecular flexibility index (Phi) is 5.90. The van der Waals surface area contributed by atoms with Crippen molar-refractivity contribution in [3.8, 4) is 22.6 Å². The Bertz CT molecular complexity index is 1080. The average Bonchev–Trinajstić information content (AvgIpc) is 3.51. The molecular formula is C28H32O5. The summed E-state index contributed by atoms with van der Waals surface area (Å²) in [6.07, 6.45) is 8.32. The van der Waals surface area contributed by atoms with Gasteiger partial charge in [-0.05, 0) is 55.7 Å². The Morgan fingerprint density at radius 1 is 1.00 bits per heavy atom. The van der Waals surface area contributed by atoms with Crippen molar-refractivity contribution in [3.63, 3.8) is 0 Å². The smallest absolute Gasteiger partial charge is 0.309 e. The fourth-order valence-electron chi connectivity index (χ4n) is 5.16. The summed E-state index contributed by atoms with van der Waals surface area (Å²) < 4.78 is 18.1. The lowest BCUT2D eigenvalue weighted by atomic mass is 9.89. The number of fused-ring (bicyclic) bond motifs is 1. The molecule has 2 fully saturated rings. The molecule has 2 aromatic rings. The molecule has 2 saturated carbocycles. The number of benzene rings is 2. The van der Waals surface area contributed by atoms with Gasteiger partial charge in [0.25, 0.3) is 0 Å². The molecule has 0 aromatic heterocycles. The van der Waals surface area contributed by atoms with Crippen molar-refractivity contribution < 1.29 is 23.8 Å². The third-order valence-corrected chi connectivity index (χ3v) is 7.39. The Balaban J connectivity index is 1.38. The van der Waals surface area contributed by atoms with Gasteiger partial charge in [-0.15, -0.1) is 0 Å². The van der Waals surface area contributed by atoms with E-state index in [0.29, 0.717) is 24.5 Å². The maximum Gasteiger partial charge on any atom is 0.309 e. The van der Waals surface area contributed by atoms with E-state index in [1.165, 1.54) is 6.42 Å².